The molecule has 1 aliphatic carbocycles. The van der Waals surface area contributed by atoms with Crippen LogP contribution in [-0.4, -0.2) is 5.78 Å². The van der Waals surface area contributed by atoms with Gasteiger partial charge in [0, 0.05) is 6.42 Å². The van der Waals surface area contributed by atoms with E-state index in [9.17, 15) is 4.79 Å². The number of nitriles is 4. The van der Waals surface area contributed by atoms with E-state index in [1.54, 1.807) is 31.2 Å². The molecule has 0 atom stereocenters. The number of carbonyl (C=O) groups excluding carboxylic acids is 1. The van der Waals surface area contributed by atoms with Crippen LogP contribution in [0.1, 0.15) is 13.3 Å². The molecule has 72 valence electrons. The zero-order valence-corrected chi connectivity index (χ0v) is 7.98. The summed E-state index contributed by atoms with van der Waals surface area (Å²) in [5.74, 6) is -1.47. The smallest absolute Gasteiger partial charge is 0.188 e. The SMILES string of the molecule is CCC(=O)C1C(C#N)(C#N)C1(C#N)C#N. The van der Waals surface area contributed by atoms with E-state index in [1.807, 2.05) is 0 Å². The molecule has 5 nitrogen and oxygen atoms in total. The number of hydrogen-bond donors (Lipinski definition) is 0. The van der Waals surface area contributed by atoms with Crippen molar-refractivity contribution in [2.75, 3.05) is 0 Å². The summed E-state index contributed by atoms with van der Waals surface area (Å²) in [5.41, 5.74) is -3.55. The first-order chi connectivity index (χ1) is 7.10. The second kappa shape index (κ2) is 3.09. The van der Waals surface area contributed by atoms with Gasteiger partial charge in [-0.3, -0.25) is 4.79 Å². The van der Waals surface area contributed by atoms with Crippen molar-refractivity contribution in [3.8, 4) is 24.3 Å². The van der Waals surface area contributed by atoms with E-state index < -0.39 is 16.7 Å². The Kier molecular flexibility index (Phi) is 2.20. The van der Waals surface area contributed by atoms with Crippen LogP contribution >= 0.6 is 0 Å². The van der Waals surface area contributed by atoms with Crippen LogP contribution in [0.25, 0.3) is 0 Å². The maximum absolute atomic E-state index is 11.4. The topological polar surface area (TPSA) is 112 Å². The molecule has 0 N–H and O–H groups in total. The summed E-state index contributed by atoms with van der Waals surface area (Å²) in [4.78, 5) is 11.4. The predicted molar refractivity (Wildman–Crippen MR) is 46.1 cm³/mol. The van der Waals surface area contributed by atoms with E-state index in [-0.39, 0.29) is 12.2 Å². The van der Waals surface area contributed by atoms with Crippen LogP contribution in [0.5, 0.6) is 0 Å². The highest BCUT2D eigenvalue weighted by Crippen LogP contribution is 2.68. The summed E-state index contributed by atoms with van der Waals surface area (Å²) < 4.78 is 0. The molecule has 0 unspecified atom stereocenters. The van der Waals surface area contributed by atoms with Crippen molar-refractivity contribution in [2.24, 2.45) is 16.7 Å². The van der Waals surface area contributed by atoms with Gasteiger partial charge >= 0.3 is 0 Å². The molecule has 5 heteroatoms. The zero-order valence-electron chi connectivity index (χ0n) is 7.98. The van der Waals surface area contributed by atoms with Gasteiger partial charge in [-0.15, -0.1) is 0 Å². The number of rotatable bonds is 2. The minimum Gasteiger partial charge on any atom is -0.299 e. The molecular weight excluding hydrogens is 192 g/mol. The Labute approximate surface area is 86.7 Å². The second-order valence-corrected chi connectivity index (χ2v) is 3.32. The molecule has 0 aromatic rings. The predicted octanol–water partition coefficient (Wildman–Crippen LogP) is 0.662. The molecule has 0 radical (unpaired) electrons. The van der Waals surface area contributed by atoms with Gasteiger partial charge in [0.15, 0.2) is 10.8 Å². The van der Waals surface area contributed by atoms with Gasteiger partial charge in [-0.2, -0.15) is 21.0 Å². The van der Waals surface area contributed by atoms with Crippen LogP contribution in [0.4, 0.5) is 0 Å². The summed E-state index contributed by atoms with van der Waals surface area (Å²) >= 11 is 0. The first-order valence-corrected chi connectivity index (χ1v) is 4.28. The normalized spacial score (nSPS) is 20.1. The molecule has 15 heavy (non-hydrogen) atoms. The molecule has 1 rings (SSSR count). The van der Waals surface area contributed by atoms with Crippen molar-refractivity contribution < 1.29 is 4.79 Å². The van der Waals surface area contributed by atoms with Crippen molar-refractivity contribution in [1.29, 1.82) is 21.0 Å². The number of Topliss-reactive ketones (excluding diaryl/α,β-unsaturated/α-hetero) is 1. The molecule has 0 saturated heterocycles. The highest BCUT2D eigenvalue weighted by Gasteiger charge is 2.83. The first-order valence-electron chi connectivity index (χ1n) is 4.28. The van der Waals surface area contributed by atoms with Gasteiger partial charge in [0.25, 0.3) is 0 Å². The Hall–Kier alpha value is -2.37. The highest BCUT2D eigenvalue weighted by molar-refractivity contribution is 5.90. The molecule has 0 aromatic heterocycles. The summed E-state index contributed by atoms with van der Waals surface area (Å²) in [6, 6.07) is 6.53. The standard InChI is InChI=1S/C10H6N4O/c1-2-7(15)8-9(3-11,4-12)10(8,5-13)6-14/h8H,2H2,1H3. The number of nitrogens with zero attached hydrogens (tertiary/aromatic N) is 4. The van der Waals surface area contributed by atoms with Gasteiger partial charge < -0.3 is 0 Å². The average molecular weight is 198 g/mol. The van der Waals surface area contributed by atoms with E-state index in [1.165, 1.54) is 0 Å². The van der Waals surface area contributed by atoms with Crippen molar-refractivity contribution in [1.82, 2.24) is 0 Å². The van der Waals surface area contributed by atoms with Crippen LogP contribution in [0.3, 0.4) is 0 Å². The maximum Gasteiger partial charge on any atom is 0.188 e. The molecule has 0 bridgehead atoms. The highest BCUT2D eigenvalue weighted by atomic mass is 16.1. The molecule has 1 fully saturated rings. The van der Waals surface area contributed by atoms with Gasteiger partial charge in [0.2, 0.25) is 0 Å². The molecule has 1 aliphatic rings. The third-order valence-electron chi connectivity index (χ3n) is 2.78. The lowest BCUT2D eigenvalue weighted by molar-refractivity contribution is -0.120. The Morgan fingerprint density at radius 1 is 1.07 bits per heavy atom. The minimum absolute atomic E-state index is 0.112. The minimum atomic E-state index is -1.77. The second-order valence-electron chi connectivity index (χ2n) is 3.32. The van der Waals surface area contributed by atoms with Crippen molar-refractivity contribution >= 4 is 5.78 Å². The summed E-state index contributed by atoms with van der Waals surface area (Å²) in [5, 5.41) is 35.4. The van der Waals surface area contributed by atoms with Crippen molar-refractivity contribution in [3.63, 3.8) is 0 Å². The van der Waals surface area contributed by atoms with Crippen LogP contribution in [-0.2, 0) is 4.79 Å². The van der Waals surface area contributed by atoms with Gasteiger partial charge in [-0.25, -0.2) is 0 Å². The van der Waals surface area contributed by atoms with Gasteiger partial charge in [0.1, 0.15) is 5.78 Å². The molecule has 0 aromatic carbocycles. The number of ketones is 1. The van der Waals surface area contributed by atoms with E-state index in [0.717, 1.165) is 0 Å². The molecule has 1 saturated carbocycles. The molecular formula is C10H6N4O. The van der Waals surface area contributed by atoms with Crippen molar-refractivity contribution in [3.05, 3.63) is 0 Å². The third kappa shape index (κ3) is 0.899. The maximum atomic E-state index is 11.4. The van der Waals surface area contributed by atoms with Crippen LogP contribution in [0, 0.1) is 62.1 Å². The van der Waals surface area contributed by atoms with Crippen LogP contribution in [0.15, 0.2) is 0 Å². The lowest BCUT2D eigenvalue weighted by atomic mass is 9.98. The Morgan fingerprint density at radius 3 is 1.60 bits per heavy atom. The van der Waals surface area contributed by atoms with Gasteiger partial charge in [-0.05, 0) is 0 Å². The zero-order chi connectivity index (χ0) is 11.7. The van der Waals surface area contributed by atoms with Crippen molar-refractivity contribution in [2.45, 2.75) is 13.3 Å². The molecule has 0 amide bonds. The van der Waals surface area contributed by atoms with Crippen LogP contribution < -0.4 is 0 Å². The van der Waals surface area contributed by atoms with Gasteiger partial charge in [-0.1, -0.05) is 6.92 Å². The molecule has 0 spiro atoms. The monoisotopic (exact) mass is 198 g/mol. The fraction of sp³-hybridized carbons (Fsp3) is 0.500. The number of hydrogen-bond acceptors (Lipinski definition) is 5. The summed E-state index contributed by atoms with van der Waals surface area (Å²) in [7, 11) is 0. The molecule has 0 aliphatic heterocycles. The van der Waals surface area contributed by atoms with Crippen LogP contribution in [0.2, 0.25) is 0 Å². The first kappa shape index (κ1) is 10.7. The Bertz CT molecular complexity index is 414. The Balaban J connectivity index is 3.32. The van der Waals surface area contributed by atoms with E-state index in [2.05, 4.69) is 0 Å². The number of carbonyl (C=O) groups is 1. The largest absolute Gasteiger partial charge is 0.299 e. The van der Waals surface area contributed by atoms with E-state index >= 15 is 0 Å². The lowest BCUT2D eigenvalue weighted by Crippen LogP contribution is -2.06. The van der Waals surface area contributed by atoms with E-state index in [4.69, 9.17) is 21.0 Å². The Morgan fingerprint density at radius 2 is 1.40 bits per heavy atom. The lowest BCUT2D eigenvalue weighted by Gasteiger charge is -1.92. The average Bonchev–Trinajstić information content (AvgIpc) is 2.91. The molecule has 0 heterocycles. The van der Waals surface area contributed by atoms with E-state index in [0.29, 0.717) is 0 Å². The fourth-order valence-electron chi connectivity index (χ4n) is 1.82. The fourth-order valence-corrected chi connectivity index (χ4v) is 1.82. The quantitative estimate of drug-likeness (QED) is 0.646. The summed E-state index contributed by atoms with van der Waals surface area (Å²) in [6.45, 7) is 1.57. The van der Waals surface area contributed by atoms with Gasteiger partial charge in [0.05, 0.1) is 30.2 Å². The third-order valence-corrected chi connectivity index (χ3v) is 2.78. The summed E-state index contributed by atoms with van der Waals surface area (Å²) in [6.07, 6.45) is 0.112.